The lowest BCUT2D eigenvalue weighted by molar-refractivity contribution is -0.502. The summed E-state index contributed by atoms with van der Waals surface area (Å²) in [5.41, 5.74) is 0. The molecule has 0 spiro atoms. The smallest absolute Gasteiger partial charge is 0.275 e. The fourth-order valence-corrected chi connectivity index (χ4v) is 3.33. The summed E-state index contributed by atoms with van der Waals surface area (Å²) in [6.45, 7) is 12.6. The molecule has 0 rings (SSSR count). The molecule has 0 bridgehead atoms. The summed E-state index contributed by atoms with van der Waals surface area (Å²) >= 11 is 0. The molecule has 3 nitrogen and oxygen atoms in total. The fraction of sp³-hybridized carbons (Fsp3) is 0.955. The molecule has 0 aromatic heterocycles. The first-order chi connectivity index (χ1) is 12.1. The second-order valence-corrected chi connectivity index (χ2v) is 7.67. The molecule has 2 unspecified atom stereocenters. The maximum atomic E-state index is 3.90. The van der Waals surface area contributed by atoms with Crippen LogP contribution in [0.1, 0.15) is 112 Å². The first kappa shape index (κ1) is 24.3. The van der Waals surface area contributed by atoms with Gasteiger partial charge in [0.25, 0.3) is 0 Å². The summed E-state index contributed by atoms with van der Waals surface area (Å²) in [6, 6.07) is 1.20. The second-order valence-electron chi connectivity index (χ2n) is 7.67. The van der Waals surface area contributed by atoms with Crippen LogP contribution in [0, 0.1) is 0 Å². The van der Waals surface area contributed by atoms with Crippen molar-refractivity contribution in [1.29, 1.82) is 0 Å². The molecule has 0 saturated carbocycles. The van der Waals surface area contributed by atoms with E-state index in [0.29, 0.717) is 12.1 Å². The largest absolute Gasteiger partial charge is 0.345 e. The van der Waals surface area contributed by atoms with E-state index in [2.05, 4.69) is 56.9 Å². The Labute approximate surface area is 159 Å². The van der Waals surface area contributed by atoms with Crippen LogP contribution in [-0.4, -0.2) is 36.2 Å². The van der Waals surface area contributed by atoms with Crippen LogP contribution < -0.4 is 10.6 Å². The summed E-state index contributed by atoms with van der Waals surface area (Å²) in [5.74, 6) is 1.28. The number of hydrogen-bond donors (Lipinski definition) is 2. The third-order valence-corrected chi connectivity index (χ3v) is 5.00. The zero-order chi connectivity index (χ0) is 18.9. The Bertz CT molecular complexity index is 303. The summed E-state index contributed by atoms with van der Waals surface area (Å²) in [5, 5.41) is 7.79. The quantitative estimate of drug-likeness (QED) is 0.225. The van der Waals surface area contributed by atoms with Gasteiger partial charge in [0.05, 0.1) is 25.7 Å². The Morgan fingerprint density at radius 3 is 1.44 bits per heavy atom. The Morgan fingerprint density at radius 1 is 0.640 bits per heavy atom. The molecular formula is C22H48N3+. The average Bonchev–Trinajstić information content (AvgIpc) is 2.61. The van der Waals surface area contributed by atoms with Crippen molar-refractivity contribution in [3.05, 3.63) is 0 Å². The van der Waals surface area contributed by atoms with E-state index in [9.17, 15) is 0 Å². The van der Waals surface area contributed by atoms with Gasteiger partial charge in [0.1, 0.15) is 0 Å². The zero-order valence-electron chi connectivity index (χ0n) is 18.3. The highest BCUT2D eigenvalue weighted by Gasteiger charge is 2.21. The van der Waals surface area contributed by atoms with E-state index in [1.54, 1.807) is 0 Å². The molecule has 3 heteroatoms. The van der Waals surface area contributed by atoms with Gasteiger partial charge in [-0.2, -0.15) is 0 Å². The number of unbranched alkanes of at least 4 members (excludes halogenated alkanes) is 3. The number of nitrogens with zero attached hydrogens (tertiary/aromatic N) is 1. The summed E-state index contributed by atoms with van der Waals surface area (Å²) < 4.78 is 2.42. The van der Waals surface area contributed by atoms with E-state index in [4.69, 9.17) is 0 Å². The highest BCUT2D eigenvalue weighted by atomic mass is 15.2. The first-order valence-electron chi connectivity index (χ1n) is 11.2. The number of nitrogens with one attached hydrogen (secondary N) is 2. The Hall–Kier alpha value is -0.730. The Balaban J connectivity index is 5.09. The second kappa shape index (κ2) is 16.7. The highest BCUT2D eigenvalue weighted by Crippen LogP contribution is 2.09. The van der Waals surface area contributed by atoms with Crippen molar-refractivity contribution in [2.75, 3.05) is 13.6 Å². The molecule has 0 aromatic rings. The fourth-order valence-electron chi connectivity index (χ4n) is 3.33. The lowest BCUT2D eigenvalue weighted by Gasteiger charge is -2.22. The minimum atomic E-state index is 0.602. The first-order valence-corrected chi connectivity index (χ1v) is 11.2. The van der Waals surface area contributed by atoms with Gasteiger partial charge in [0, 0.05) is 0 Å². The van der Waals surface area contributed by atoms with E-state index in [1.807, 2.05) is 0 Å². The standard InChI is InChI=1S/C22H47N3/c1-7-12-17-20(15-10-4)23-22(25(6)19-14-9-3)24-21(16-11-5)18-13-8-2/h20-21H,7-19H2,1-6H3,(H,23,24)/p+1. The third kappa shape index (κ3) is 12.3. The van der Waals surface area contributed by atoms with Crippen molar-refractivity contribution >= 4 is 5.96 Å². The van der Waals surface area contributed by atoms with Gasteiger partial charge in [-0.3, -0.25) is 15.2 Å². The lowest BCUT2D eigenvalue weighted by atomic mass is 10.0. The van der Waals surface area contributed by atoms with Gasteiger partial charge in [-0.05, 0) is 32.1 Å². The molecular weight excluding hydrogens is 306 g/mol. The van der Waals surface area contributed by atoms with Gasteiger partial charge < -0.3 is 0 Å². The van der Waals surface area contributed by atoms with Crippen LogP contribution in [0.3, 0.4) is 0 Å². The van der Waals surface area contributed by atoms with E-state index < -0.39 is 0 Å². The Kier molecular flexibility index (Phi) is 16.2. The summed E-state index contributed by atoms with van der Waals surface area (Å²) in [4.78, 5) is 0. The van der Waals surface area contributed by atoms with Gasteiger partial charge in [0.2, 0.25) is 0 Å². The maximum Gasteiger partial charge on any atom is 0.345 e. The van der Waals surface area contributed by atoms with Gasteiger partial charge >= 0.3 is 5.96 Å². The van der Waals surface area contributed by atoms with Gasteiger partial charge in [0.15, 0.2) is 0 Å². The van der Waals surface area contributed by atoms with E-state index in [0.717, 1.165) is 6.54 Å². The van der Waals surface area contributed by atoms with Crippen LogP contribution in [-0.2, 0) is 0 Å². The van der Waals surface area contributed by atoms with Crippen molar-refractivity contribution < 1.29 is 4.58 Å². The van der Waals surface area contributed by atoms with E-state index in [-0.39, 0.29) is 0 Å². The maximum absolute atomic E-state index is 3.90. The summed E-state index contributed by atoms with van der Waals surface area (Å²) in [6.07, 6.45) is 15.3. The molecule has 0 aliphatic heterocycles. The molecule has 2 atom stereocenters. The molecule has 0 aliphatic rings. The molecule has 0 saturated heterocycles. The molecule has 0 heterocycles. The minimum Gasteiger partial charge on any atom is -0.275 e. The normalized spacial score (nSPS) is 13.4. The molecule has 0 amide bonds. The van der Waals surface area contributed by atoms with Crippen molar-refractivity contribution in [2.45, 2.75) is 124 Å². The molecule has 0 aliphatic carbocycles. The third-order valence-electron chi connectivity index (χ3n) is 5.00. The van der Waals surface area contributed by atoms with Gasteiger partial charge in [-0.25, -0.2) is 0 Å². The molecule has 150 valence electrons. The van der Waals surface area contributed by atoms with E-state index in [1.165, 1.54) is 83.0 Å². The Morgan fingerprint density at radius 2 is 1.08 bits per heavy atom. The van der Waals surface area contributed by atoms with Gasteiger partial charge in [-0.15, -0.1) is 0 Å². The minimum absolute atomic E-state index is 0.602. The topological polar surface area (TPSA) is 27.1 Å². The van der Waals surface area contributed by atoms with Crippen molar-refractivity contribution in [1.82, 2.24) is 10.6 Å². The number of rotatable bonds is 15. The van der Waals surface area contributed by atoms with Crippen LogP contribution in [0.4, 0.5) is 0 Å². The monoisotopic (exact) mass is 354 g/mol. The number of guanidine groups is 1. The van der Waals surface area contributed by atoms with Gasteiger partial charge in [-0.1, -0.05) is 79.6 Å². The van der Waals surface area contributed by atoms with Crippen molar-refractivity contribution in [3.8, 4) is 0 Å². The lowest BCUT2D eigenvalue weighted by Crippen LogP contribution is -2.51. The molecule has 0 radical (unpaired) electrons. The van der Waals surface area contributed by atoms with Crippen molar-refractivity contribution in [2.24, 2.45) is 0 Å². The molecule has 0 aromatic carbocycles. The van der Waals surface area contributed by atoms with Crippen LogP contribution in [0.15, 0.2) is 0 Å². The summed E-state index contributed by atoms with van der Waals surface area (Å²) in [7, 11) is 2.25. The highest BCUT2D eigenvalue weighted by molar-refractivity contribution is 5.75. The predicted octanol–water partition coefficient (Wildman–Crippen LogP) is 5.68. The van der Waals surface area contributed by atoms with Crippen LogP contribution in [0.5, 0.6) is 0 Å². The zero-order valence-corrected chi connectivity index (χ0v) is 18.3. The van der Waals surface area contributed by atoms with Crippen LogP contribution >= 0.6 is 0 Å². The molecule has 25 heavy (non-hydrogen) atoms. The number of hydrogen-bond acceptors (Lipinski definition) is 0. The molecule has 0 fully saturated rings. The SMILES string of the molecule is CCCCC(CCC)NC(NC(CCC)CCCC)=[N+](C)CCCC. The molecule has 2 N–H and O–H groups in total. The predicted molar refractivity (Wildman–Crippen MR) is 114 cm³/mol. The van der Waals surface area contributed by atoms with Crippen molar-refractivity contribution in [3.63, 3.8) is 0 Å². The van der Waals surface area contributed by atoms with E-state index >= 15 is 0 Å². The average molecular weight is 355 g/mol. The van der Waals surface area contributed by atoms with Crippen LogP contribution in [0.25, 0.3) is 0 Å². The van der Waals surface area contributed by atoms with Crippen LogP contribution in [0.2, 0.25) is 0 Å².